The van der Waals surface area contributed by atoms with Gasteiger partial charge in [0.15, 0.2) is 0 Å². The first-order chi connectivity index (χ1) is 8.86. The molecule has 0 aliphatic carbocycles. The second-order valence-corrected chi connectivity index (χ2v) is 3.94. The second-order valence-electron chi connectivity index (χ2n) is 3.94. The monoisotopic (exact) mass is 270 g/mol. The molecule has 6 heteroatoms. The van der Waals surface area contributed by atoms with Gasteiger partial charge in [0.05, 0.1) is 5.56 Å². The summed E-state index contributed by atoms with van der Waals surface area (Å²) < 4.78 is 51.0. The van der Waals surface area contributed by atoms with Crippen molar-refractivity contribution in [1.82, 2.24) is 0 Å². The van der Waals surface area contributed by atoms with Gasteiger partial charge in [-0.1, -0.05) is 6.07 Å². The number of alkyl halides is 3. The van der Waals surface area contributed by atoms with Gasteiger partial charge in [-0.3, -0.25) is 0 Å². The Morgan fingerprint density at radius 2 is 1.63 bits per heavy atom. The Bertz CT molecular complexity index is 593. The van der Waals surface area contributed by atoms with Crippen molar-refractivity contribution in [3.63, 3.8) is 0 Å². The molecule has 0 heterocycles. The first kappa shape index (κ1) is 13.2. The lowest BCUT2D eigenvalue weighted by molar-refractivity contribution is -0.136. The van der Waals surface area contributed by atoms with Gasteiger partial charge in [0, 0.05) is 17.1 Å². The van der Waals surface area contributed by atoms with Crippen LogP contribution < -0.4 is 11.1 Å². The van der Waals surface area contributed by atoms with Crippen molar-refractivity contribution in [2.24, 2.45) is 0 Å². The highest BCUT2D eigenvalue weighted by atomic mass is 19.4. The molecule has 0 atom stereocenters. The van der Waals surface area contributed by atoms with Crippen LogP contribution in [0.4, 0.5) is 34.6 Å². The highest BCUT2D eigenvalue weighted by Crippen LogP contribution is 2.35. The van der Waals surface area contributed by atoms with Gasteiger partial charge in [-0.25, -0.2) is 4.39 Å². The third-order valence-electron chi connectivity index (χ3n) is 2.47. The fourth-order valence-electron chi connectivity index (χ4n) is 1.61. The SMILES string of the molecule is Nc1ccc(Nc2cccc(F)c2)cc1C(F)(F)F. The molecule has 0 unspecified atom stereocenters. The standard InChI is InChI=1S/C13H10F4N2/c14-8-2-1-3-9(6-8)19-10-4-5-12(18)11(7-10)13(15,16)17/h1-7,19H,18H2. The first-order valence-electron chi connectivity index (χ1n) is 5.35. The number of anilines is 3. The summed E-state index contributed by atoms with van der Waals surface area (Å²) in [6.45, 7) is 0. The molecule has 0 bridgehead atoms. The fraction of sp³-hybridized carbons (Fsp3) is 0.0769. The minimum Gasteiger partial charge on any atom is -0.398 e. The summed E-state index contributed by atoms with van der Waals surface area (Å²) in [5, 5.41) is 2.69. The van der Waals surface area contributed by atoms with E-state index in [1.165, 1.54) is 24.3 Å². The normalized spacial score (nSPS) is 11.4. The van der Waals surface area contributed by atoms with E-state index in [0.29, 0.717) is 5.69 Å². The number of nitrogens with one attached hydrogen (secondary N) is 1. The van der Waals surface area contributed by atoms with Gasteiger partial charge in [-0.05, 0) is 36.4 Å². The average Bonchev–Trinajstić information content (AvgIpc) is 2.30. The van der Waals surface area contributed by atoms with Crippen LogP contribution in [-0.2, 0) is 6.18 Å². The second kappa shape index (κ2) is 4.79. The van der Waals surface area contributed by atoms with Crippen molar-refractivity contribution in [2.45, 2.75) is 6.18 Å². The van der Waals surface area contributed by atoms with E-state index in [-0.39, 0.29) is 11.4 Å². The van der Waals surface area contributed by atoms with Crippen molar-refractivity contribution in [3.05, 3.63) is 53.8 Å². The summed E-state index contributed by atoms with van der Waals surface area (Å²) >= 11 is 0. The molecule has 0 radical (unpaired) electrons. The molecule has 3 N–H and O–H groups in total. The number of benzene rings is 2. The fourth-order valence-corrected chi connectivity index (χ4v) is 1.61. The number of hydrogen-bond donors (Lipinski definition) is 2. The lowest BCUT2D eigenvalue weighted by atomic mass is 10.1. The molecule has 0 spiro atoms. The predicted molar refractivity (Wildman–Crippen MR) is 65.5 cm³/mol. The average molecular weight is 270 g/mol. The number of halogens is 4. The van der Waals surface area contributed by atoms with Crippen molar-refractivity contribution >= 4 is 17.1 Å². The highest BCUT2D eigenvalue weighted by molar-refractivity contribution is 5.64. The number of nitrogen functional groups attached to an aromatic ring is 1. The lowest BCUT2D eigenvalue weighted by Crippen LogP contribution is -2.09. The summed E-state index contributed by atoms with van der Waals surface area (Å²) in [5.41, 5.74) is 4.56. The van der Waals surface area contributed by atoms with Gasteiger partial charge in [0.25, 0.3) is 0 Å². The van der Waals surface area contributed by atoms with E-state index in [4.69, 9.17) is 5.73 Å². The Morgan fingerprint density at radius 3 is 2.26 bits per heavy atom. The summed E-state index contributed by atoms with van der Waals surface area (Å²) in [6, 6.07) is 8.88. The van der Waals surface area contributed by atoms with Crippen LogP contribution in [-0.4, -0.2) is 0 Å². The molecule has 0 saturated carbocycles. The quantitative estimate of drug-likeness (QED) is 0.635. The Kier molecular flexibility index (Phi) is 3.33. The van der Waals surface area contributed by atoms with Crippen LogP contribution in [0, 0.1) is 5.82 Å². The molecule has 0 aromatic heterocycles. The van der Waals surface area contributed by atoms with Crippen LogP contribution in [0.25, 0.3) is 0 Å². The summed E-state index contributed by atoms with van der Waals surface area (Å²) in [6.07, 6.45) is -4.52. The van der Waals surface area contributed by atoms with Crippen molar-refractivity contribution in [1.29, 1.82) is 0 Å². The van der Waals surface area contributed by atoms with Gasteiger partial charge >= 0.3 is 6.18 Å². The molecular weight excluding hydrogens is 260 g/mol. The van der Waals surface area contributed by atoms with E-state index in [9.17, 15) is 17.6 Å². The molecule has 2 nitrogen and oxygen atoms in total. The Hall–Kier alpha value is -2.24. The smallest absolute Gasteiger partial charge is 0.398 e. The summed E-state index contributed by atoms with van der Waals surface area (Å²) in [4.78, 5) is 0. The van der Waals surface area contributed by atoms with E-state index in [2.05, 4.69) is 5.32 Å². The van der Waals surface area contributed by atoms with E-state index in [1.54, 1.807) is 6.07 Å². The maximum absolute atomic E-state index is 13.0. The Morgan fingerprint density at radius 1 is 0.947 bits per heavy atom. The zero-order valence-corrected chi connectivity index (χ0v) is 9.63. The van der Waals surface area contributed by atoms with Crippen LogP contribution in [0.1, 0.15) is 5.56 Å². The lowest BCUT2D eigenvalue weighted by Gasteiger charge is -2.13. The summed E-state index contributed by atoms with van der Waals surface area (Å²) in [7, 11) is 0. The maximum Gasteiger partial charge on any atom is 0.418 e. The molecule has 0 aliphatic heterocycles. The van der Waals surface area contributed by atoms with Crippen LogP contribution in [0.2, 0.25) is 0 Å². The van der Waals surface area contributed by atoms with Crippen molar-refractivity contribution in [3.8, 4) is 0 Å². The Labute approximate surface area is 106 Å². The number of nitrogens with two attached hydrogens (primary N) is 1. The van der Waals surface area contributed by atoms with Gasteiger partial charge < -0.3 is 11.1 Å². The molecule has 0 aliphatic rings. The third-order valence-corrected chi connectivity index (χ3v) is 2.47. The minimum absolute atomic E-state index is 0.187. The topological polar surface area (TPSA) is 38.0 Å². The van der Waals surface area contributed by atoms with Crippen LogP contribution in [0.3, 0.4) is 0 Å². The highest BCUT2D eigenvalue weighted by Gasteiger charge is 2.33. The third kappa shape index (κ3) is 3.15. The molecule has 100 valence electrons. The molecule has 0 amide bonds. The maximum atomic E-state index is 13.0. The number of hydrogen-bond acceptors (Lipinski definition) is 2. The Balaban J connectivity index is 2.32. The molecule has 19 heavy (non-hydrogen) atoms. The minimum atomic E-state index is -4.52. The molecule has 2 rings (SSSR count). The zero-order chi connectivity index (χ0) is 14.0. The zero-order valence-electron chi connectivity index (χ0n) is 9.63. The van der Waals surface area contributed by atoms with E-state index in [1.807, 2.05) is 0 Å². The van der Waals surface area contributed by atoms with Crippen LogP contribution in [0.15, 0.2) is 42.5 Å². The van der Waals surface area contributed by atoms with Gasteiger partial charge in [0.2, 0.25) is 0 Å². The van der Waals surface area contributed by atoms with Crippen LogP contribution >= 0.6 is 0 Å². The predicted octanol–water partition coefficient (Wildman–Crippen LogP) is 4.17. The van der Waals surface area contributed by atoms with Crippen LogP contribution in [0.5, 0.6) is 0 Å². The largest absolute Gasteiger partial charge is 0.418 e. The molecule has 0 fully saturated rings. The van der Waals surface area contributed by atoms with Crippen molar-refractivity contribution in [2.75, 3.05) is 11.1 Å². The van der Waals surface area contributed by atoms with Gasteiger partial charge in [0.1, 0.15) is 5.82 Å². The number of rotatable bonds is 2. The molecule has 2 aromatic rings. The molecular formula is C13H10F4N2. The van der Waals surface area contributed by atoms with Crippen molar-refractivity contribution < 1.29 is 17.6 Å². The molecule has 2 aromatic carbocycles. The van der Waals surface area contributed by atoms with E-state index >= 15 is 0 Å². The van der Waals surface area contributed by atoms with Gasteiger partial charge in [-0.2, -0.15) is 13.2 Å². The van der Waals surface area contributed by atoms with Gasteiger partial charge in [-0.15, -0.1) is 0 Å². The van der Waals surface area contributed by atoms with E-state index < -0.39 is 17.6 Å². The van der Waals surface area contributed by atoms with E-state index in [0.717, 1.165) is 12.1 Å². The molecule has 0 saturated heterocycles. The summed E-state index contributed by atoms with van der Waals surface area (Å²) in [5.74, 6) is -0.475. The first-order valence-corrected chi connectivity index (χ1v) is 5.35.